The predicted molar refractivity (Wildman–Crippen MR) is 66.5 cm³/mol. The van der Waals surface area contributed by atoms with Crippen molar-refractivity contribution < 1.29 is 5.11 Å². The Hall–Kier alpha value is -1.94. The SMILES string of the molecule is CCNCc1cnc(-c2ccc(O)cc2)nc1. The zero-order valence-corrected chi connectivity index (χ0v) is 9.72. The summed E-state index contributed by atoms with van der Waals surface area (Å²) in [5.74, 6) is 0.919. The van der Waals surface area contributed by atoms with Crippen molar-refractivity contribution in [1.29, 1.82) is 0 Å². The molecule has 0 aliphatic heterocycles. The van der Waals surface area contributed by atoms with E-state index in [0.717, 1.165) is 24.2 Å². The molecule has 0 aliphatic rings. The maximum atomic E-state index is 9.20. The highest BCUT2D eigenvalue weighted by Crippen LogP contribution is 2.17. The quantitative estimate of drug-likeness (QED) is 0.841. The van der Waals surface area contributed by atoms with E-state index >= 15 is 0 Å². The average Bonchev–Trinajstić information content (AvgIpc) is 2.38. The van der Waals surface area contributed by atoms with Gasteiger partial charge in [0.05, 0.1) is 0 Å². The lowest BCUT2D eigenvalue weighted by Crippen LogP contribution is -2.12. The summed E-state index contributed by atoms with van der Waals surface area (Å²) >= 11 is 0. The van der Waals surface area contributed by atoms with E-state index in [1.807, 2.05) is 12.4 Å². The molecule has 0 radical (unpaired) electrons. The van der Waals surface area contributed by atoms with Crippen molar-refractivity contribution >= 4 is 0 Å². The highest BCUT2D eigenvalue weighted by atomic mass is 16.3. The Morgan fingerprint density at radius 1 is 1.12 bits per heavy atom. The third-order valence-electron chi connectivity index (χ3n) is 2.41. The van der Waals surface area contributed by atoms with E-state index < -0.39 is 0 Å². The summed E-state index contributed by atoms with van der Waals surface area (Å²) in [5.41, 5.74) is 1.96. The van der Waals surface area contributed by atoms with Gasteiger partial charge in [0.15, 0.2) is 5.82 Å². The van der Waals surface area contributed by atoms with E-state index in [0.29, 0.717) is 5.82 Å². The van der Waals surface area contributed by atoms with Gasteiger partial charge in [-0.1, -0.05) is 6.92 Å². The number of aromatic nitrogens is 2. The zero-order valence-electron chi connectivity index (χ0n) is 9.72. The minimum absolute atomic E-state index is 0.248. The molecule has 1 aromatic carbocycles. The predicted octanol–water partition coefficient (Wildman–Crippen LogP) is 1.96. The molecular formula is C13H15N3O. The van der Waals surface area contributed by atoms with Gasteiger partial charge in [-0.3, -0.25) is 0 Å². The minimum Gasteiger partial charge on any atom is -0.508 e. The number of phenols is 1. The van der Waals surface area contributed by atoms with E-state index in [4.69, 9.17) is 0 Å². The summed E-state index contributed by atoms with van der Waals surface area (Å²) in [6.07, 6.45) is 3.63. The molecule has 0 fully saturated rings. The summed E-state index contributed by atoms with van der Waals surface area (Å²) in [7, 11) is 0. The number of hydrogen-bond donors (Lipinski definition) is 2. The van der Waals surface area contributed by atoms with Crippen LogP contribution in [0.3, 0.4) is 0 Å². The lowest BCUT2D eigenvalue weighted by atomic mass is 10.2. The van der Waals surface area contributed by atoms with Crippen molar-refractivity contribution in [2.45, 2.75) is 13.5 Å². The normalized spacial score (nSPS) is 10.4. The number of nitrogens with one attached hydrogen (secondary N) is 1. The summed E-state index contributed by atoms with van der Waals surface area (Å²) in [6.45, 7) is 3.78. The molecule has 0 aliphatic carbocycles. The third kappa shape index (κ3) is 3.01. The van der Waals surface area contributed by atoms with Crippen molar-refractivity contribution in [2.24, 2.45) is 0 Å². The van der Waals surface area contributed by atoms with Crippen LogP contribution in [0, 0.1) is 0 Å². The number of aromatic hydroxyl groups is 1. The molecule has 4 heteroatoms. The first-order chi connectivity index (χ1) is 8.29. The number of benzene rings is 1. The van der Waals surface area contributed by atoms with Gasteiger partial charge in [0.2, 0.25) is 0 Å². The Balaban J connectivity index is 2.14. The molecular weight excluding hydrogens is 214 g/mol. The molecule has 0 amide bonds. The summed E-state index contributed by atoms with van der Waals surface area (Å²) < 4.78 is 0. The summed E-state index contributed by atoms with van der Waals surface area (Å²) in [5, 5.41) is 12.4. The zero-order chi connectivity index (χ0) is 12.1. The average molecular weight is 229 g/mol. The van der Waals surface area contributed by atoms with Gasteiger partial charge < -0.3 is 10.4 Å². The Kier molecular flexibility index (Phi) is 3.67. The van der Waals surface area contributed by atoms with E-state index in [1.165, 1.54) is 0 Å². The molecule has 2 N–H and O–H groups in total. The van der Waals surface area contributed by atoms with Gasteiger partial charge in [0.25, 0.3) is 0 Å². The molecule has 0 bridgehead atoms. The second-order valence-corrected chi connectivity index (χ2v) is 3.74. The highest BCUT2D eigenvalue weighted by Gasteiger charge is 2.01. The van der Waals surface area contributed by atoms with Crippen LogP contribution in [0.4, 0.5) is 0 Å². The minimum atomic E-state index is 0.248. The maximum Gasteiger partial charge on any atom is 0.159 e. The molecule has 2 rings (SSSR count). The van der Waals surface area contributed by atoms with Crippen LogP contribution >= 0.6 is 0 Å². The van der Waals surface area contributed by atoms with Crippen LogP contribution in [0.1, 0.15) is 12.5 Å². The van der Waals surface area contributed by atoms with Crippen LogP contribution in [0.15, 0.2) is 36.7 Å². The highest BCUT2D eigenvalue weighted by molar-refractivity contribution is 5.55. The number of hydrogen-bond acceptors (Lipinski definition) is 4. The Bertz CT molecular complexity index is 465. The van der Waals surface area contributed by atoms with Crippen LogP contribution in [-0.2, 0) is 6.54 Å². The first-order valence-electron chi connectivity index (χ1n) is 5.60. The van der Waals surface area contributed by atoms with Crippen molar-refractivity contribution in [2.75, 3.05) is 6.54 Å². The van der Waals surface area contributed by atoms with Crippen molar-refractivity contribution in [3.05, 3.63) is 42.2 Å². The molecule has 0 spiro atoms. The Morgan fingerprint density at radius 3 is 2.35 bits per heavy atom. The van der Waals surface area contributed by atoms with Gasteiger partial charge >= 0.3 is 0 Å². The van der Waals surface area contributed by atoms with Crippen molar-refractivity contribution in [3.8, 4) is 17.1 Å². The van der Waals surface area contributed by atoms with Crippen LogP contribution in [-0.4, -0.2) is 21.6 Å². The van der Waals surface area contributed by atoms with Crippen LogP contribution < -0.4 is 5.32 Å². The molecule has 0 atom stereocenters. The molecule has 0 saturated heterocycles. The summed E-state index contributed by atoms with van der Waals surface area (Å²) in [6, 6.07) is 6.86. The third-order valence-corrected chi connectivity index (χ3v) is 2.41. The van der Waals surface area contributed by atoms with Crippen molar-refractivity contribution in [1.82, 2.24) is 15.3 Å². The monoisotopic (exact) mass is 229 g/mol. The Morgan fingerprint density at radius 2 is 1.76 bits per heavy atom. The molecule has 0 unspecified atom stereocenters. The molecule has 1 heterocycles. The van der Waals surface area contributed by atoms with Gasteiger partial charge in [0, 0.05) is 30.1 Å². The standard InChI is InChI=1S/C13H15N3O/c1-2-14-7-10-8-15-13(16-9-10)11-3-5-12(17)6-4-11/h3-6,8-9,14,17H,2,7H2,1H3. The maximum absolute atomic E-state index is 9.20. The smallest absolute Gasteiger partial charge is 0.159 e. The lowest BCUT2D eigenvalue weighted by Gasteiger charge is -2.03. The number of nitrogens with zero attached hydrogens (tertiary/aromatic N) is 2. The lowest BCUT2D eigenvalue weighted by molar-refractivity contribution is 0.475. The van der Waals surface area contributed by atoms with E-state index in [-0.39, 0.29) is 5.75 Å². The van der Waals surface area contributed by atoms with Crippen molar-refractivity contribution in [3.63, 3.8) is 0 Å². The first kappa shape index (κ1) is 11.5. The molecule has 0 saturated carbocycles. The first-order valence-corrected chi connectivity index (χ1v) is 5.60. The van der Waals surface area contributed by atoms with Crippen LogP contribution in [0.25, 0.3) is 11.4 Å². The van der Waals surface area contributed by atoms with Crippen LogP contribution in [0.2, 0.25) is 0 Å². The molecule has 2 aromatic rings. The molecule has 88 valence electrons. The van der Waals surface area contributed by atoms with Gasteiger partial charge in [0.1, 0.15) is 5.75 Å². The largest absolute Gasteiger partial charge is 0.508 e. The van der Waals surface area contributed by atoms with Gasteiger partial charge in [-0.25, -0.2) is 9.97 Å². The summed E-state index contributed by atoms with van der Waals surface area (Å²) in [4.78, 5) is 8.60. The van der Waals surface area contributed by atoms with Crippen LogP contribution in [0.5, 0.6) is 5.75 Å². The fraction of sp³-hybridized carbons (Fsp3) is 0.231. The fourth-order valence-corrected chi connectivity index (χ4v) is 1.47. The van der Waals surface area contributed by atoms with E-state index in [2.05, 4.69) is 22.2 Å². The second-order valence-electron chi connectivity index (χ2n) is 3.74. The number of phenolic OH excluding ortho intramolecular Hbond substituents is 1. The van der Waals surface area contributed by atoms with E-state index in [9.17, 15) is 5.11 Å². The van der Waals surface area contributed by atoms with Gasteiger partial charge in [-0.15, -0.1) is 0 Å². The molecule has 17 heavy (non-hydrogen) atoms. The second kappa shape index (κ2) is 5.41. The fourth-order valence-electron chi connectivity index (χ4n) is 1.47. The number of rotatable bonds is 4. The topological polar surface area (TPSA) is 58.0 Å². The molecule has 4 nitrogen and oxygen atoms in total. The van der Waals surface area contributed by atoms with Gasteiger partial charge in [-0.2, -0.15) is 0 Å². The Labute approximate surface area is 100 Å². The molecule has 1 aromatic heterocycles. The van der Waals surface area contributed by atoms with E-state index in [1.54, 1.807) is 24.3 Å². The van der Waals surface area contributed by atoms with Gasteiger partial charge in [-0.05, 0) is 30.8 Å².